The number of esters is 3. The zero-order valence-corrected chi connectivity index (χ0v) is 56.5. The van der Waals surface area contributed by atoms with Gasteiger partial charge in [0, 0.05) is 19.3 Å². The van der Waals surface area contributed by atoms with E-state index in [1.807, 2.05) is 0 Å². The zero-order chi connectivity index (χ0) is 59.9. The largest absolute Gasteiger partial charge is 0.462 e. The lowest BCUT2D eigenvalue weighted by Gasteiger charge is -2.18. The van der Waals surface area contributed by atoms with Crippen molar-refractivity contribution in [2.45, 2.75) is 438 Å². The van der Waals surface area contributed by atoms with Crippen molar-refractivity contribution in [2.75, 3.05) is 13.2 Å². The number of ether oxygens (including phenoxy) is 3. The van der Waals surface area contributed by atoms with Crippen molar-refractivity contribution < 1.29 is 28.6 Å². The molecule has 0 aliphatic rings. The second-order valence-electron chi connectivity index (χ2n) is 25.9. The van der Waals surface area contributed by atoms with Crippen LogP contribution in [0.25, 0.3) is 0 Å². The topological polar surface area (TPSA) is 78.9 Å². The van der Waals surface area contributed by atoms with Gasteiger partial charge in [0.05, 0.1) is 0 Å². The molecule has 0 radical (unpaired) electrons. The minimum atomic E-state index is -0.769. The van der Waals surface area contributed by atoms with Gasteiger partial charge in [-0.3, -0.25) is 14.4 Å². The Morgan fingerprint density at radius 3 is 0.602 bits per heavy atom. The van der Waals surface area contributed by atoms with Crippen molar-refractivity contribution in [3.63, 3.8) is 0 Å². The third-order valence-electron chi connectivity index (χ3n) is 17.4. The Hall–Kier alpha value is -2.11. The molecule has 6 nitrogen and oxygen atoms in total. The standard InChI is InChI=1S/C77H146O6/c1-4-7-10-13-16-19-22-25-28-30-32-34-36-37-38-39-41-42-44-46-49-52-55-58-61-64-67-70-76(79)82-73-74(72-81-75(78)69-66-63-60-57-54-51-48-27-24-21-18-15-12-9-6-3)83-77(80)71-68-65-62-59-56-53-50-47-45-43-40-35-33-31-29-26-23-20-17-14-11-8-5-2/h30-33,74H,4-29,34-73H2,1-3H3/b32-30-,33-31-. The molecule has 0 aliphatic carbocycles. The maximum absolute atomic E-state index is 13.0. The molecule has 0 amide bonds. The van der Waals surface area contributed by atoms with Crippen molar-refractivity contribution in [1.29, 1.82) is 0 Å². The SMILES string of the molecule is CCCCCCCCCC/C=C\CCCCCCCCCCCCCCCCCC(=O)OCC(COC(=O)CCCCCCCCCCCCCCCCC)OC(=O)CCCCCCCCCCCCC/C=C\CCCCCCCCCC. The van der Waals surface area contributed by atoms with Crippen LogP contribution in [0.5, 0.6) is 0 Å². The molecule has 0 bridgehead atoms. The van der Waals surface area contributed by atoms with E-state index in [1.165, 1.54) is 334 Å². The second kappa shape index (κ2) is 72.4. The van der Waals surface area contributed by atoms with Crippen LogP contribution in [0.2, 0.25) is 0 Å². The molecule has 1 atom stereocenters. The number of allylic oxidation sites excluding steroid dienone is 4. The first-order valence-corrected chi connectivity index (χ1v) is 37.8. The molecule has 0 saturated carbocycles. The van der Waals surface area contributed by atoms with Crippen LogP contribution in [0.15, 0.2) is 24.3 Å². The lowest BCUT2D eigenvalue weighted by atomic mass is 10.0. The fourth-order valence-electron chi connectivity index (χ4n) is 11.7. The second-order valence-corrected chi connectivity index (χ2v) is 25.9. The fourth-order valence-corrected chi connectivity index (χ4v) is 11.7. The third-order valence-corrected chi connectivity index (χ3v) is 17.4. The van der Waals surface area contributed by atoms with Gasteiger partial charge in [-0.05, 0) is 70.6 Å². The van der Waals surface area contributed by atoms with Crippen LogP contribution >= 0.6 is 0 Å². The minimum absolute atomic E-state index is 0.0647. The summed E-state index contributed by atoms with van der Waals surface area (Å²) in [5.41, 5.74) is 0. The van der Waals surface area contributed by atoms with Gasteiger partial charge >= 0.3 is 17.9 Å². The Morgan fingerprint density at radius 2 is 0.398 bits per heavy atom. The van der Waals surface area contributed by atoms with Crippen LogP contribution in [0.3, 0.4) is 0 Å². The summed E-state index contributed by atoms with van der Waals surface area (Å²) in [5, 5.41) is 0. The molecule has 1 unspecified atom stereocenters. The van der Waals surface area contributed by atoms with Gasteiger partial charge in [0.25, 0.3) is 0 Å². The van der Waals surface area contributed by atoms with E-state index in [0.29, 0.717) is 19.3 Å². The molecule has 0 aromatic rings. The van der Waals surface area contributed by atoms with E-state index in [2.05, 4.69) is 45.1 Å². The summed E-state index contributed by atoms with van der Waals surface area (Å²) >= 11 is 0. The van der Waals surface area contributed by atoms with E-state index in [1.54, 1.807) is 0 Å². The Kier molecular flexibility index (Phi) is 70.5. The number of rotatable bonds is 71. The lowest BCUT2D eigenvalue weighted by molar-refractivity contribution is -0.167. The molecule has 0 fully saturated rings. The highest BCUT2D eigenvalue weighted by Crippen LogP contribution is 2.19. The molecular formula is C77H146O6. The van der Waals surface area contributed by atoms with Gasteiger partial charge < -0.3 is 14.2 Å². The molecule has 83 heavy (non-hydrogen) atoms. The van der Waals surface area contributed by atoms with E-state index in [-0.39, 0.29) is 31.1 Å². The molecule has 0 aromatic heterocycles. The smallest absolute Gasteiger partial charge is 0.306 e. The molecule has 0 rings (SSSR count). The Balaban J connectivity index is 4.23. The summed E-state index contributed by atoms with van der Waals surface area (Å²) in [4.78, 5) is 38.5. The molecule has 0 spiro atoms. The Bertz CT molecular complexity index is 1340. The predicted molar refractivity (Wildman–Crippen MR) is 363 cm³/mol. The summed E-state index contributed by atoms with van der Waals surface area (Å²) in [6.07, 6.45) is 89.4. The van der Waals surface area contributed by atoms with E-state index in [0.717, 1.165) is 57.8 Å². The van der Waals surface area contributed by atoms with Crippen molar-refractivity contribution in [2.24, 2.45) is 0 Å². The van der Waals surface area contributed by atoms with Crippen molar-refractivity contribution in [3.05, 3.63) is 24.3 Å². The molecule has 0 saturated heterocycles. The number of hydrogen-bond acceptors (Lipinski definition) is 6. The average Bonchev–Trinajstić information content (AvgIpc) is 3.49. The van der Waals surface area contributed by atoms with Gasteiger partial charge in [-0.25, -0.2) is 0 Å². The fraction of sp³-hybridized carbons (Fsp3) is 0.909. The summed E-state index contributed by atoms with van der Waals surface area (Å²) in [5.74, 6) is -0.829. The van der Waals surface area contributed by atoms with Crippen molar-refractivity contribution >= 4 is 17.9 Å². The predicted octanol–water partition coefficient (Wildman–Crippen LogP) is 26.1. The normalized spacial score (nSPS) is 12.1. The summed E-state index contributed by atoms with van der Waals surface area (Å²) < 4.78 is 17.0. The van der Waals surface area contributed by atoms with Gasteiger partial charge in [-0.1, -0.05) is 366 Å². The summed E-state index contributed by atoms with van der Waals surface area (Å²) in [6, 6.07) is 0. The van der Waals surface area contributed by atoms with Crippen molar-refractivity contribution in [3.8, 4) is 0 Å². The minimum Gasteiger partial charge on any atom is -0.462 e. The number of hydrogen-bond donors (Lipinski definition) is 0. The molecule has 6 heteroatoms. The number of carbonyl (C=O) groups excluding carboxylic acids is 3. The van der Waals surface area contributed by atoms with Gasteiger partial charge in [0.1, 0.15) is 13.2 Å². The summed E-state index contributed by atoms with van der Waals surface area (Å²) in [7, 11) is 0. The Labute approximate surface area is 519 Å². The van der Waals surface area contributed by atoms with Crippen LogP contribution in [-0.4, -0.2) is 37.2 Å². The molecule has 0 N–H and O–H groups in total. The quantitative estimate of drug-likeness (QED) is 0.0261. The van der Waals surface area contributed by atoms with Crippen LogP contribution in [-0.2, 0) is 28.6 Å². The third kappa shape index (κ3) is 70.5. The average molecular weight is 1170 g/mol. The maximum Gasteiger partial charge on any atom is 0.306 e. The monoisotopic (exact) mass is 1170 g/mol. The van der Waals surface area contributed by atoms with Gasteiger partial charge in [-0.2, -0.15) is 0 Å². The van der Waals surface area contributed by atoms with Crippen molar-refractivity contribution in [1.82, 2.24) is 0 Å². The molecular weight excluding hydrogens is 1020 g/mol. The Morgan fingerprint density at radius 1 is 0.229 bits per heavy atom. The zero-order valence-electron chi connectivity index (χ0n) is 56.5. The maximum atomic E-state index is 13.0. The van der Waals surface area contributed by atoms with Crippen LogP contribution in [0, 0.1) is 0 Å². The van der Waals surface area contributed by atoms with E-state index >= 15 is 0 Å². The molecule has 0 aromatic carbocycles. The summed E-state index contributed by atoms with van der Waals surface area (Å²) in [6.45, 7) is 6.73. The first kappa shape index (κ1) is 80.9. The van der Waals surface area contributed by atoms with E-state index < -0.39 is 6.10 Å². The van der Waals surface area contributed by atoms with E-state index in [9.17, 15) is 14.4 Å². The first-order chi connectivity index (χ1) is 41.0. The number of unbranched alkanes of at least 4 members (excludes halogenated alkanes) is 56. The molecule has 0 heterocycles. The van der Waals surface area contributed by atoms with Gasteiger partial charge in [0.2, 0.25) is 0 Å². The van der Waals surface area contributed by atoms with Crippen LogP contribution in [0.4, 0.5) is 0 Å². The van der Waals surface area contributed by atoms with Gasteiger partial charge in [0.15, 0.2) is 6.10 Å². The van der Waals surface area contributed by atoms with Crippen LogP contribution < -0.4 is 0 Å². The van der Waals surface area contributed by atoms with E-state index in [4.69, 9.17) is 14.2 Å². The molecule has 490 valence electrons. The molecule has 0 aliphatic heterocycles. The van der Waals surface area contributed by atoms with Crippen LogP contribution in [0.1, 0.15) is 432 Å². The van der Waals surface area contributed by atoms with Gasteiger partial charge in [-0.15, -0.1) is 0 Å². The lowest BCUT2D eigenvalue weighted by Crippen LogP contribution is -2.30. The highest BCUT2D eigenvalue weighted by molar-refractivity contribution is 5.71. The first-order valence-electron chi connectivity index (χ1n) is 37.8. The highest BCUT2D eigenvalue weighted by Gasteiger charge is 2.20. The highest BCUT2D eigenvalue weighted by atomic mass is 16.6. The number of carbonyl (C=O) groups is 3.